The first-order chi connectivity index (χ1) is 17.6. The molecule has 1 aromatic heterocycles. The van der Waals surface area contributed by atoms with Crippen molar-refractivity contribution in [1.29, 1.82) is 5.26 Å². The summed E-state index contributed by atoms with van der Waals surface area (Å²) in [5.74, 6) is -0.995. The largest absolute Gasteiger partial charge is 0.475 e. The van der Waals surface area contributed by atoms with E-state index in [9.17, 15) is 33.3 Å². The minimum atomic E-state index is -4.53. The summed E-state index contributed by atoms with van der Waals surface area (Å²) in [5.41, 5.74) is 1.13. The van der Waals surface area contributed by atoms with Crippen LogP contribution < -0.4 is 5.32 Å². The second-order valence-corrected chi connectivity index (χ2v) is 8.17. The second kappa shape index (κ2) is 12.2. The van der Waals surface area contributed by atoms with Gasteiger partial charge in [-0.15, -0.1) is 0 Å². The van der Waals surface area contributed by atoms with E-state index in [1.54, 1.807) is 55.5 Å². The molecular weight excluding hydrogens is 486 g/mol. The fourth-order valence-electron chi connectivity index (χ4n) is 3.47. The van der Waals surface area contributed by atoms with Gasteiger partial charge in [-0.1, -0.05) is 48.5 Å². The summed E-state index contributed by atoms with van der Waals surface area (Å²) in [7, 11) is -1.81. The summed E-state index contributed by atoms with van der Waals surface area (Å²) < 4.78 is 43.7. The first-order valence-electron chi connectivity index (χ1n) is 11.2. The third-order valence-electron chi connectivity index (χ3n) is 5.42. The zero-order chi connectivity index (χ0) is 27.0. The Morgan fingerprint density at radius 1 is 1.16 bits per heavy atom. The number of alkyl carbamates (subject to hydrolysis) is 1. The molecule has 3 aromatic rings. The number of nitriles is 1. The number of allylic oxidation sites excluding steroid dienone is 1. The molecule has 11 heteroatoms. The summed E-state index contributed by atoms with van der Waals surface area (Å²) in [6.07, 6.45) is -3.82. The van der Waals surface area contributed by atoms with Crippen LogP contribution in [0.3, 0.4) is 0 Å². The van der Waals surface area contributed by atoms with Gasteiger partial charge in [-0.05, 0) is 54.3 Å². The number of halogens is 3. The minimum absolute atomic E-state index is 0.0536. The summed E-state index contributed by atoms with van der Waals surface area (Å²) in [5, 5.41) is 31.3. The van der Waals surface area contributed by atoms with E-state index in [1.165, 1.54) is 6.08 Å². The van der Waals surface area contributed by atoms with E-state index in [4.69, 9.17) is 4.74 Å². The number of amides is 1. The maximum absolute atomic E-state index is 12.8. The third kappa shape index (κ3) is 7.93. The molecule has 2 atom stereocenters. The predicted octanol–water partition coefficient (Wildman–Crippen LogP) is 4.58. The molecular formula is C26H23BF3N3O4. The quantitative estimate of drug-likeness (QED) is 0.303. The van der Waals surface area contributed by atoms with E-state index in [2.05, 4.69) is 10.3 Å². The van der Waals surface area contributed by atoms with Crippen LogP contribution in [0.25, 0.3) is 11.6 Å². The van der Waals surface area contributed by atoms with Crippen molar-refractivity contribution < 1.29 is 32.8 Å². The topological polar surface area (TPSA) is 115 Å². The van der Waals surface area contributed by atoms with Crippen molar-refractivity contribution in [2.24, 2.45) is 0 Å². The molecule has 0 saturated carbocycles. The number of alkyl halides is 3. The molecule has 37 heavy (non-hydrogen) atoms. The third-order valence-corrected chi connectivity index (χ3v) is 5.42. The molecule has 3 rings (SSSR count). The molecule has 0 aliphatic carbocycles. The normalized spacial score (nSPS) is 13.3. The average molecular weight is 509 g/mol. The van der Waals surface area contributed by atoms with E-state index in [-0.39, 0.29) is 17.7 Å². The SMILES string of the molecule is CC(OC(=O)NC(Cc1ccccc1)B(O)O)c1cccc(C=C(C#N)c2ccc(C(F)(F)F)cn2)c1. The molecule has 1 amide bonds. The van der Waals surface area contributed by atoms with Crippen molar-refractivity contribution >= 4 is 24.9 Å². The molecule has 0 fully saturated rings. The van der Waals surface area contributed by atoms with Crippen molar-refractivity contribution in [1.82, 2.24) is 10.3 Å². The van der Waals surface area contributed by atoms with Gasteiger partial charge in [0.05, 0.1) is 22.8 Å². The smallest absolute Gasteiger partial charge is 0.442 e. The highest BCUT2D eigenvalue weighted by atomic mass is 19.4. The monoisotopic (exact) mass is 509 g/mol. The zero-order valence-electron chi connectivity index (χ0n) is 19.7. The van der Waals surface area contributed by atoms with Crippen molar-refractivity contribution in [3.05, 3.63) is 101 Å². The summed E-state index contributed by atoms with van der Waals surface area (Å²) in [4.78, 5) is 16.2. The first kappa shape index (κ1) is 27.5. The number of rotatable bonds is 8. The lowest BCUT2D eigenvalue weighted by Crippen LogP contribution is -2.48. The van der Waals surface area contributed by atoms with Crippen molar-refractivity contribution in [3.63, 3.8) is 0 Å². The number of hydrogen-bond acceptors (Lipinski definition) is 6. The fraction of sp³-hybridized carbons (Fsp3) is 0.192. The van der Waals surface area contributed by atoms with Gasteiger partial charge in [0, 0.05) is 6.20 Å². The van der Waals surface area contributed by atoms with E-state index >= 15 is 0 Å². The van der Waals surface area contributed by atoms with Gasteiger partial charge >= 0.3 is 19.4 Å². The van der Waals surface area contributed by atoms with Crippen LogP contribution in [-0.2, 0) is 17.3 Å². The average Bonchev–Trinajstić information content (AvgIpc) is 2.87. The van der Waals surface area contributed by atoms with Crippen LogP contribution >= 0.6 is 0 Å². The molecule has 0 spiro atoms. The Morgan fingerprint density at radius 2 is 1.89 bits per heavy atom. The summed E-state index contributed by atoms with van der Waals surface area (Å²) >= 11 is 0. The highest BCUT2D eigenvalue weighted by Crippen LogP contribution is 2.29. The number of benzene rings is 2. The van der Waals surface area contributed by atoms with Crippen LogP contribution in [0.4, 0.5) is 18.0 Å². The highest BCUT2D eigenvalue weighted by Gasteiger charge is 2.31. The van der Waals surface area contributed by atoms with E-state index in [0.717, 1.165) is 17.7 Å². The number of pyridine rings is 1. The van der Waals surface area contributed by atoms with Crippen LogP contribution in [0.2, 0.25) is 0 Å². The van der Waals surface area contributed by atoms with Gasteiger partial charge in [-0.3, -0.25) is 4.98 Å². The van der Waals surface area contributed by atoms with E-state index in [1.807, 2.05) is 12.1 Å². The number of carbonyl (C=O) groups excluding carboxylic acids is 1. The van der Waals surface area contributed by atoms with Gasteiger partial charge < -0.3 is 20.1 Å². The van der Waals surface area contributed by atoms with Crippen LogP contribution in [0.1, 0.15) is 41.0 Å². The van der Waals surface area contributed by atoms with Gasteiger partial charge in [0.1, 0.15) is 12.2 Å². The molecule has 3 N–H and O–H groups in total. The molecule has 1 heterocycles. The highest BCUT2D eigenvalue weighted by molar-refractivity contribution is 6.43. The first-order valence-corrected chi connectivity index (χ1v) is 11.2. The molecule has 2 unspecified atom stereocenters. The van der Waals surface area contributed by atoms with Crippen LogP contribution in [0, 0.1) is 11.3 Å². The summed E-state index contributed by atoms with van der Waals surface area (Å²) in [6, 6.07) is 19.6. The van der Waals surface area contributed by atoms with Crippen LogP contribution in [0.15, 0.2) is 72.9 Å². The Labute approximate surface area is 212 Å². The Bertz CT molecular complexity index is 1280. The minimum Gasteiger partial charge on any atom is -0.442 e. The maximum Gasteiger partial charge on any atom is 0.475 e. The number of nitrogens with one attached hydrogen (secondary N) is 1. The lowest BCUT2D eigenvalue weighted by Gasteiger charge is -2.20. The molecule has 0 aliphatic heterocycles. The van der Waals surface area contributed by atoms with Crippen molar-refractivity contribution in [2.75, 3.05) is 0 Å². The summed E-state index contributed by atoms with van der Waals surface area (Å²) in [6.45, 7) is 1.62. The second-order valence-electron chi connectivity index (χ2n) is 8.17. The number of hydrogen-bond donors (Lipinski definition) is 3. The Balaban J connectivity index is 1.69. The number of ether oxygens (including phenoxy) is 1. The molecule has 190 valence electrons. The van der Waals surface area contributed by atoms with E-state index < -0.39 is 37.0 Å². The van der Waals surface area contributed by atoms with Crippen molar-refractivity contribution in [2.45, 2.75) is 31.6 Å². The standard InChI is InChI=1S/C26H23BF3N3O4/c1-17(37-25(34)33-24(27(35)36)14-18-6-3-2-4-7-18)20-9-5-8-19(12-20)13-21(15-31)23-11-10-22(16-32-23)26(28,29)30/h2-13,16-17,24,35-36H,14H2,1H3,(H,33,34). The zero-order valence-corrected chi connectivity index (χ0v) is 19.7. The lowest BCUT2D eigenvalue weighted by atomic mass is 9.76. The van der Waals surface area contributed by atoms with Crippen LogP contribution in [0.5, 0.6) is 0 Å². The van der Waals surface area contributed by atoms with Gasteiger partial charge in [0.15, 0.2) is 0 Å². The molecule has 2 aromatic carbocycles. The molecule has 0 saturated heterocycles. The Kier molecular flexibility index (Phi) is 9.06. The van der Waals surface area contributed by atoms with Gasteiger partial charge in [-0.2, -0.15) is 18.4 Å². The Morgan fingerprint density at radius 3 is 2.49 bits per heavy atom. The number of carbonyl (C=O) groups is 1. The van der Waals surface area contributed by atoms with E-state index in [0.29, 0.717) is 17.3 Å². The number of aromatic nitrogens is 1. The van der Waals surface area contributed by atoms with Gasteiger partial charge in [-0.25, -0.2) is 4.79 Å². The molecule has 0 aliphatic rings. The predicted molar refractivity (Wildman–Crippen MR) is 131 cm³/mol. The lowest BCUT2D eigenvalue weighted by molar-refractivity contribution is -0.137. The molecule has 0 radical (unpaired) electrons. The van der Waals surface area contributed by atoms with Gasteiger partial charge in [0.2, 0.25) is 0 Å². The maximum atomic E-state index is 12.8. The Hall–Kier alpha value is -4.14. The van der Waals surface area contributed by atoms with Crippen molar-refractivity contribution in [3.8, 4) is 6.07 Å². The van der Waals surface area contributed by atoms with Gasteiger partial charge in [0.25, 0.3) is 0 Å². The fourth-order valence-corrected chi connectivity index (χ4v) is 3.47. The molecule has 7 nitrogen and oxygen atoms in total. The molecule has 0 bridgehead atoms. The van der Waals surface area contributed by atoms with Crippen LogP contribution in [-0.4, -0.2) is 34.2 Å². The number of nitrogens with zero attached hydrogens (tertiary/aromatic N) is 2.